The third kappa shape index (κ3) is 5.97. The molecule has 1 atom stereocenters. The Hall–Kier alpha value is -4.20. The number of fused-ring (bicyclic) bond motifs is 1. The Balaban J connectivity index is 1.10. The van der Waals surface area contributed by atoms with Crippen molar-refractivity contribution in [2.75, 3.05) is 5.32 Å². The number of rotatable bonds is 6. The lowest BCUT2D eigenvalue weighted by molar-refractivity contribution is -0.126. The second-order valence-corrected chi connectivity index (χ2v) is 9.61. The average Bonchev–Trinajstić information content (AvgIpc) is 3.33. The van der Waals surface area contributed by atoms with Gasteiger partial charge in [-0.15, -0.1) is 0 Å². The van der Waals surface area contributed by atoms with E-state index >= 15 is 0 Å². The fourth-order valence-corrected chi connectivity index (χ4v) is 4.83. The molecule has 0 unspecified atom stereocenters. The summed E-state index contributed by atoms with van der Waals surface area (Å²) in [6.07, 6.45) is 2.87. The largest absolute Gasteiger partial charge is 0.349 e. The summed E-state index contributed by atoms with van der Waals surface area (Å²) in [6.45, 7) is 1.89. The van der Waals surface area contributed by atoms with Gasteiger partial charge in [0.25, 0.3) is 0 Å². The predicted octanol–water partition coefficient (Wildman–Crippen LogP) is 5.93. The van der Waals surface area contributed by atoms with Crippen LogP contribution in [0.3, 0.4) is 0 Å². The number of H-pyrrole nitrogens is 1. The number of amides is 3. The molecule has 3 aromatic carbocycles. The Morgan fingerprint density at radius 2 is 1.70 bits per heavy atom. The van der Waals surface area contributed by atoms with Gasteiger partial charge in [-0.3, -0.25) is 4.79 Å². The van der Waals surface area contributed by atoms with Crippen LogP contribution in [0.4, 0.5) is 14.9 Å². The predicted molar refractivity (Wildman–Crippen MR) is 142 cm³/mol. The first-order valence-corrected chi connectivity index (χ1v) is 12.6. The number of aromatic nitrogens is 2. The molecule has 1 saturated carbocycles. The molecule has 1 aromatic heterocycles. The van der Waals surface area contributed by atoms with E-state index in [1.54, 1.807) is 12.1 Å². The molecule has 0 spiro atoms. The summed E-state index contributed by atoms with van der Waals surface area (Å²) in [5.74, 6) is 0.396. The van der Waals surface area contributed by atoms with Gasteiger partial charge in [-0.2, -0.15) is 0 Å². The minimum Gasteiger partial charge on any atom is -0.349 e. The molecule has 1 aliphatic rings. The number of benzene rings is 3. The highest BCUT2D eigenvalue weighted by Gasteiger charge is 2.28. The van der Waals surface area contributed by atoms with Crippen LogP contribution in [0.5, 0.6) is 0 Å². The molecule has 8 heteroatoms. The lowest BCUT2D eigenvalue weighted by Gasteiger charge is -2.29. The molecule has 4 N–H and O–H groups in total. The van der Waals surface area contributed by atoms with Crippen molar-refractivity contribution in [1.82, 2.24) is 20.6 Å². The molecule has 1 aliphatic carbocycles. The topological polar surface area (TPSA) is 98.9 Å². The van der Waals surface area contributed by atoms with E-state index in [9.17, 15) is 14.0 Å². The highest BCUT2D eigenvalue weighted by atomic mass is 19.1. The van der Waals surface area contributed by atoms with Crippen LogP contribution in [0.1, 0.15) is 44.2 Å². The van der Waals surface area contributed by atoms with Crippen molar-refractivity contribution < 1.29 is 14.0 Å². The van der Waals surface area contributed by atoms with E-state index in [1.165, 1.54) is 12.1 Å². The zero-order valence-electron chi connectivity index (χ0n) is 20.6. The van der Waals surface area contributed by atoms with Crippen LogP contribution in [0.25, 0.3) is 22.4 Å². The van der Waals surface area contributed by atoms with Crippen molar-refractivity contribution in [2.24, 2.45) is 5.92 Å². The van der Waals surface area contributed by atoms with Gasteiger partial charge in [-0.25, -0.2) is 14.2 Å². The third-order valence-corrected chi connectivity index (χ3v) is 6.95. The smallest absolute Gasteiger partial charge is 0.319 e. The number of hydrogen-bond acceptors (Lipinski definition) is 3. The van der Waals surface area contributed by atoms with Crippen LogP contribution in [-0.4, -0.2) is 27.9 Å². The molecule has 5 rings (SSSR count). The lowest BCUT2D eigenvalue weighted by atomic mass is 9.85. The van der Waals surface area contributed by atoms with Crippen LogP contribution in [0.2, 0.25) is 0 Å². The molecule has 37 heavy (non-hydrogen) atoms. The summed E-state index contributed by atoms with van der Waals surface area (Å²) in [7, 11) is 0. The fraction of sp³-hybridized carbons (Fsp3) is 0.276. The van der Waals surface area contributed by atoms with Crippen LogP contribution in [-0.2, 0) is 4.79 Å². The molecular formula is C29H30FN5O2. The number of hydrogen-bond donors (Lipinski definition) is 4. The molecule has 0 bridgehead atoms. The van der Waals surface area contributed by atoms with Gasteiger partial charge in [-0.1, -0.05) is 42.5 Å². The number of urea groups is 1. The van der Waals surface area contributed by atoms with E-state index < -0.39 is 0 Å². The summed E-state index contributed by atoms with van der Waals surface area (Å²) in [6, 6.07) is 21.2. The number of anilines is 1. The van der Waals surface area contributed by atoms with Crippen LogP contribution in [0.15, 0.2) is 72.8 Å². The van der Waals surface area contributed by atoms with Crippen molar-refractivity contribution in [2.45, 2.75) is 44.7 Å². The number of nitrogens with one attached hydrogen (secondary N) is 4. The van der Waals surface area contributed by atoms with Crippen molar-refractivity contribution in [3.63, 3.8) is 0 Å². The zero-order valence-corrected chi connectivity index (χ0v) is 20.6. The van der Waals surface area contributed by atoms with Crippen LogP contribution in [0, 0.1) is 11.7 Å². The number of aromatic amines is 1. The number of carbonyl (C=O) groups is 2. The Morgan fingerprint density at radius 3 is 2.43 bits per heavy atom. The first-order valence-electron chi connectivity index (χ1n) is 12.6. The minimum absolute atomic E-state index is 0.00176. The molecule has 1 heterocycles. The second kappa shape index (κ2) is 10.8. The summed E-state index contributed by atoms with van der Waals surface area (Å²) in [5.41, 5.74) is 4.21. The summed E-state index contributed by atoms with van der Waals surface area (Å²) in [4.78, 5) is 33.3. The molecule has 7 nitrogen and oxygen atoms in total. The van der Waals surface area contributed by atoms with Gasteiger partial charge in [0.15, 0.2) is 0 Å². The van der Waals surface area contributed by atoms with E-state index in [0.29, 0.717) is 18.5 Å². The normalized spacial score (nSPS) is 18.2. The summed E-state index contributed by atoms with van der Waals surface area (Å²) < 4.78 is 13.1. The molecule has 3 amide bonds. The maximum atomic E-state index is 13.1. The number of halogens is 1. The Kier molecular flexibility index (Phi) is 7.16. The quantitative estimate of drug-likeness (QED) is 0.265. The molecule has 190 valence electrons. The van der Waals surface area contributed by atoms with Crippen molar-refractivity contribution in [3.8, 4) is 11.4 Å². The van der Waals surface area contributed by atoms with Crippen molar-refractivity contribution in [1.29, 1.82) is 0 Å². The number of imidazole rings is 1. The SMILES string of the molecule is C[C@@H](NC(=O)C1CCC(NC(=O)Nc2ccc3[nH]c(-c4ccccc4)nc3c2)CC1)c1ccc(F)cc1. The van der Waals surface area contributed by atoms with E-state index in [-0.39, 0.29) is 35.8 Å². The van der Waals surface area contributed by atoms with E-state index in [4.69, 9.17) is 0 Å². The second-order valence-electron chi connectivity index (χ2n) is 9.61. The fourth-order valence-electron chi connectivity index (χ4n) is 4.83. The first kappa shape index (κ1) is 24.5. The Morgan fingerprint density at radius 1 is 0.973 bits per heavy atom. The molecule has 1 fully saturated rings. The maximum absolute atomic E-state index is 13.1. The summed E-state index contributed by atoms with van der Waals surface area (Å²) >= 11 is 0. The van der Waals surface area contributed by atoms with Gasteiger partial charge < -0.3 is 20.9 Å². The van der Waals surface area contributed by atoms with Crippen LogP contribution < -0.4 is 16.0 Å². The third-order valence-electron chi connectivity index (χ3n) is 6.95. The van der Waals surface area contributed by atoms with Gasteiger partial charge in [-0.05, 0) is 68.5 Å². The van der Waals surface area contributed by atoms with E-state index in [1.807, 2.05) is 55.5 Å². The minimum atomic E-state index is -0.295. The molecule has 0 aliphatic heterocycles. The van der Waals surface area contributed by atoms with E-state index in [0.717, 1.165) is 40.8 Å². The number of nitrogens with zero attached hydrogens (tertiary/aromatic N) is 1. The number of carbonyl (C=O) groups excluding carboxylic acids is 2. The monoisotopic (exact) mass is 499 g/mol. The molecule has 4 aromatic rings. The van der Waals surface area contributed by atoms with Gasteiger partial charge in [0.05, 0.1) is 17.1 Å². The van der Waals surface area contributed by atoms with Gasteiger partial charge in [0.2, 0.25) is 5.91 Å². The Bertz CT molecular complexity index is 1380. The van der Waals surface area contributed by atoms with Crippen molar-refractivity contribution in [3.05, 3.63) is 84.2 Å². The molecule has 0 saturated heterocycles. The molecule has 0 radical (unpaired) electrons. The average molecular weight is 500 g/mol. The highest BCUT2D eigenvalue weighted by Crippen LogP contribution is 2.26. The van der Waals surface area contributed by atoms with Gasteiger partial charge >= 0.3 is 6.03 Å². The van der Waals surface area contributed by atoms with Crippen molar-refractivity contribution >= 4 is 28.7 Å². The zero-order chi connectivity index (χ0) is 25.8. The van der Waals surface area contributed by atoms with Gasteiger partial charge in [0.1, 0.15) is 11.6 Å². The van der Waals surface area contributed by atoms with Crippen LogP contribution >= 0.6 is 0 Å². The van der Waals surface area contributed by atoms with E-state index in [2.05, 4.69) is 25.9 Å². The standard InChI is InChI=1S/C29H30FN5O2/c1-18(19-7-11-22(30)12-8-19)31-28(36)21-9-13-23(14-10-21)32-29(37)33-24-15-16-25-26(17-24)35-27(34-25)20-5-3-2-4-6-20/h2-8,11-12,15-18,21,23H,9-10,13-14H2,1H3,(H,31,36)(H,34,35)(H2,32,33,37)/t18-,21?,23?/m1/s1. The summed E-state index contributed by atoms with van der Waals surface area (Å²) in [5, 5.41) is 8.97. The first-order chi connectivity index (χ1) is 17.9. The lowest BCUT2D eigenvalue weighted by Crippen LogP contribution is -2.42. The highest BCUT2D eigenvalue weighted by molar-refractivity contribution is 5.92. The maximum Gasteiger partial charge on any atom is 0.319 e. The Labute approximate surface area is 214 Å². The molecular weight excluding hydrogens is 469 g/mol. The van der Waals surface area contributed by atoms with Gasteiger partial charge in [0, 0.05) is 23.2 Å².